The second-order valence-corrected chi connectivity index (χ2v) is 3.58. The van der Waals surface area contributed by atoms with Crippen LogP contribution in [0.4, 0.5) is 0 Å². The molecule has 0 heterocycles. The molecule has 13 heavy (non-hydrogen) atoms. The second-order valence-electron chi connectivity index (χ2n) is 3.20. The van der Waals surface area contributed by atoms with Crippen molar-refractivity contribution in [1.29, 1.82) is 0 Å². The molecule has 0 aliphatic rings. The molecule has 0 bridgehead atoms. The lowest BCUT2D eigenvalue weighted by Crippen LogP contribution is -1.79. The van der Waals surface area contributed by atoms with Crippen molar-refractivity contribution in [2.45, 2.75) is 45.4 Å². The fourth-order valence-electron chi connectivity index (χ4n) is 1.17. The van der Waals surface area contributed by atoms with Gasteiger partial charge in [0.25, 0.3) is 0 Å². The van der Waals surface area contributed by atoms with Crippen molar-refractivity contribution < 1.29 is 0 Å². The minimum Gasteiger partial charge on any atom is -0.127 e. The summed E-state index contributed by atoms with van der Waals surface area (Å²) >= 11 is 5.58. The monoisotopic (exact) mass is 200 g/mol. The van der Waals surface area contributed by atoms with Crippen molar-refractivity contribution in [3.8, 4) is 0 Å². The third kappa shape index (κ3) is 11.8. The molecule has 0 fully saturated rings. The molecular weight excluding hydrogens is 180 g/mol. The summed E-state index contributed by atoms with van der Waals surface area (Å²) in [5.41, 5.74) is 0. The number of alkyl halides is 1. The third-order valence-electron chi connectivity index (χ3n) is 1.94. The Bertz CT molecular complexity index is 136. The van der Waals surface area contributed by atoms with Crippen molar-refractivity contribution in [2.24, 2.45) is 0 Å². The van der Waals surface area contributed by atoms with E-state index in [4.69, 9.17) is 11.6 Å². The van der Waals surface area contributed by atoms with Gasteiger partial charge >= 0.3 is 0 Å². The zero-order chi connectivity index (χ0) is 9.78. The maximum absolute atomic E-state index is 5.58. The zero-order valence-corrected chi connectivity index (χ0v) is 9.39. The molecule has 0 radical (unpaired) electrons. The number of rotatable bonds is 8. The lowest BCUT2D eigenvalue weighted by molar-refractivity contribution is 0.639. The topological polar surface area (TPSA) is 0 Å². The molecule has 0 aromatic carbocycles. The van der Waals surface area contributed by atoms with Crippen LogP contribution >= 0.6 is 11.6 Å². The molecule has 0 rings (SSSR count). The van der Waals surface area contributed by atoms with Crippen molar-refractivity contribution in [1.82, 2.24) is 0 Å². The van der Waals surface area contributed by atoms with E-state index < -0.39 is 0 Å². The summed E-state index contributed by atoms with van der Waals surface area (Å²) in [5.74, 6) is 0.821. The van der Waals surface area contributed by atoms with Crippen LogP contribution < -0.4 is 0 Å². The maximum atomic E-state index is 5.58. The van der Waals surface area contributed by atoms with Gasteiger partial charge in [0.1, 0.15) is 0 Å². The van der Waals surface area contributed by atoms with Crippen LogP contribution in [0.15, 0.2) is 24.3 Å². The van der Waals surface area contributed by atoms with Crippen LogP contribution in [0.1, 0.15) is 45.4 Å². The first-order valence-electron chi connectivity index (χ1n) is 5.25. The Morgan fingerprint density at radius 3 is 2.31 bits per heavy atom. The van der Waals surface area contributed by atoms with Crippen LogP contribution in [0.3, 0.4) is 0 Å². The third-order valence-corrected chi connectivity index (χ3v) is 2.21. The van der Waals surface area contributed by atoms with Crippen molar-refractivity contribution in [3.63, 3.8) is 0 Å². The van der Waals surface area contributed by atoms with Crippen LogP contribution in [-0.4, -0.2) is 5.88 Å². The van der Waals surface area contributed by atoms with Gasteiger partial charge in [-0.15, -0.1) is 11.6 Å². The first kappa shape index (κ1) is 12.8. The molecule has 0 nitrogen and oxygen atoms in total. The number of halogens is 1. The molecule has 1 heteroatoms. The summed E-state index contributed by atoms with van der Waals surface area (Å²) in [4.78, 5) is 0. The standard InChI is InChI=1S/C12H21Cl/c1-2-3-4-5-6-7-8-9-10-11-12-13/h2-5H,6-12H2,1H3. The molecule has 0 amide bonds. The summed E-state index contributed by atoms with van der Waals surface area (Å²) in [5, 5.41) is 0. The van der Waals surface area contributed by atoms with Gasteiger partial charge in [-0.3, -0.25) is 0 Å². The van der Waals surface area contributed by atoms with Crippen LogP contribution in [0.25, 0.3) is 0 Å². The lowest BCUT2D eigenvalue weighted by atomic mass is 10.1. The summed E-state index contributed by atoms with van der Waals surface area (Å²) in [7, 11) is 0. The number of hydrogen-bond donors (Lipinski definition) is 0. The van der Waals surface area contributed by atoms with E-state index in [0.29, 0.717) is 0 Å². The van der Waals surface area contributed by atoms with Crippen LogP contribution in [-0.2, 0) is 0 Å². The van der Waals surface area contributed by atoms with Gasteiger partial charge in [-0.05, 0) is 26.2 Å². The van der Waals surface area contributed by atoms with Gasteiger partial charge in [0, 0.05) is 5.88 Å². The Kier molecular flexibility index (Phi) is 11.6. The molecule has 0 aromatic heterocycles. The Morgan fingerprint density at radius 2 is 1.62 bits per heavy atom. The fraction of sp³-hybridized carbons (Fsp3) is 0.667. The minimum atomic E-state index is 0.821. The number of allylic oxidation sites excluding steroid dienone is 4. The second kappa shape index (κ2) is 11.8. The van der Waals surface area contributed by atoms with E-state index in [2.05, 4.69) is 24.3 Å². The molecule has 0 aliphatic carbocycles. The normalized spacial score (nSPS) is 11.8. The first-order chi connectivity index (χ1) is 6.41. The quantitative estimate of drug-likeness (QED) is 0.303. The van der Waals surface area contributed by atoms with Crippen LogP contribution in [0.2, 0.25) is 0 Å². The lowest BCUT2D eigenvalue weighted by Gasteiger charge is -1.96. The molecule has 0 aromatic rings. The summed E-state index contributed by atoms with van der Waals surface area (Å²) in [6, 6.07) is 0. The molecule has 0 atom stereocenters. The van der Waals surface area contributed by atoms with E-state index in [1.54, 1.807) is 0 Å². The predicted molar refractivity (Wildman–Crippen MR) is 62.4 cm³/mol. The molecule has 0 saturated carbocycles. The average molecular weight is 201 g/mol. The Balaban J connectivity index is 2.99. The van der Waals surface area contributed by atoms with Crippen molar-refractivity contribution in [3.05, 3.63) is 24.3 Å². The average Bonchev–Trinajstić information content (AvgIpc) is 2.16. The molecule has 0 aliphatic heterocycles. The fourth-order valence-corrected chi connectivity index (χ4v) is 1.36. The minimum absolute atomic E-state index is 0.821. The SMILES string of the molecule is CC=CC=CCCCCCCCCl. The first-order valence-corrected chi connectivity index (χ1v) is 5.79. The highest BCUT2D eigenvalue weighted by atomic mass is 35.5. The van der Waals surface area contributed by atoms with E-state index in [1.807, 2.05) is 6.92 Å². The van der Waals surface area contributed by atoms with E-state index in [0.717, 1.165) is 5.88 Å². The smallest absolute Gasteiger partial charge is 0.0223 e. The highest BCUT2D eigenvalue weighted by Crippen LogP contribution is 2.06. The van der Waals surface area contributed by atoms with Gasteiger partial charge in [0.2, 0.25) is 0 Å². The van der Waals surface area contributed by atoms with E-state index in [1.165, 1.54) is 38.5 Å². The van der Waals surface area contributed by atoms with E-state index >= 15 is 0 Å². The molecule has 0 saturated heterocycles. The van der Waals surface area contributed by atoms with Crippen LogP contribution in [0, 0.1) is 0 Å². The molecule has 0 spiro atoms. The van der Waals surface area contributed by atoms with Crippen LogP contribution in [0.5, 0.6) is 0 Å². The van der Waals surface area contributed by atoms with Crippen molar-refractivity contribution in [2.75, 3.05) is 5.88 Å². The van der Waals surface area contributed by atoms with Gasteiger partial charge in [-0.25, -0.2) is 0 Å². The van der Waals surface area contributed by atoms with E-state index in [9.17, 15) is 0 Å². The summed E-state index contributed by atoms with van der Waals surface area (Å²) < 4.78 is 0. The predicted octanol–water partition coefficient (Wildman–Crippen LogP) is 4.70. The number of hydrogen-bond acceptors (Lipinski definition) is 0. The van der Waals surface area contributed by atoms with Gasteiger partial charge in [0.05, 0.1) is 0 Å². The summed E-state index contributed by atoms with van der Waals surface area (Å²) in [6.45, 7) is 2.04. The van der Waals surface area contributed by atoms with Gasteiger partial charge < -0.3 is 0 Å². The summed E-state index contributed by atoms with van der Waals surface area (Å²) in [6.07, 6.45) is 16.2. The molecule has 76 valence electrons. The van der Waals surface area contributed by atoms with Crippen molar-refractivity contribution >= 4 is 11.6 Å². The number of unbranched alkanes of at least 4 members (excludes halogenated alkanes) is 5. The Morgan fingerprint density at radius 1 is 0.923 bits per heavy atom. The van der Waals surface area contributed by atoms with Gasteiger partial charge in [-0.1, -0.05) is 43.6 Å². The highest BCUT2D eigenvalue weighted by Gasteiger charge is 1.87. The Labute approximate surface area is 87.7 Å². The molecular formula is C12H21Cl. The zero-order valence-electron chi connectivity index (χ0n) is 8.64. The molecule has 0 N–H and O–H groups in total. The highest BCUT2D eigenvalue weighted by molar-refractivity contribution is 6.17. The largest absolute Gasteiger partial charge is 0.127 e. The van der Waals surface area contributed by atoms with Gasteiger partial charge in [0.15, 0.2) is 0 Å². The van der Waals surface area contributed by atoms with Gasteiger partial charge in [-0.2, -0.15) is 0 Å². The maximum Gasteiger partial charge on any atom is 0.0223 e. The molecule has 0 unspecified atom stereocenters. The Hall–Kier alpha value is -0.230. The van der Waals surface area contributed by atoms with E-state index in [-0.39, 0.29) is 0 Å².